The number of amides is 1. The molecule has 20 heavy (non-hydrogen) atoms. The standard InChI is InChI=1S/C13H17F2N3O2/c1-3-13(4-2,12(16)18-20)17-11(19)10-8(14)6-5-7-9(10)15/h5-7,20H,3-4H2,1-2H3,(H2,16,18)(H,17,19). The van der Waals surface area contributed by atoms with Gasteiger partial charge in [-0.25, -0.2) is 8.78 Å². The number of benzene rings is 1. The molecule has 0 radical (unpaired) electrons. The van der Waals surface area contributed by atoms with Crippen LogP contribution in [-0.2, 0) is 0 Å². The highest BCUT2D eigenvalue weighted by Crippen LogP contribution is 2.19. The molecule has 5 nitrogen and oxygen atoms in total. The van der Waals surface area contributed by atoms with E-state index in [2.05, 4.69) is 10.5 Å². The molecule has 4 N–H and O–H groups in total. The Labute approximate surface area is 115 Å². The molecule has 0 spiro atoms. The predicted molar refractivity (Wildman–Crippen MR) is 70.5 cm³/mol. The number of amidine groups is 1. The highest BCUT2D eigenvalue weighted by atomic mass is 19.1. The van der Waals surface area contributed by atoms with Crippen LogP contribution < -0.4 is 11.1 Å². The van der Waals surface area contributed by atoms with Crippen LogP contribution >= 0.6 is 0 Å². The number of nitrogens with zero attached hydrogens (tertiary/aromatic N) is 1. The summed E-state index contributed by atoms with van der Waals surface area (Å²) in [6.07, 6.45) is 0.614. The third-order valence-electron chi connectivity index (χ3n) is 3.35. The summed E-state index contributed by atoms with van der Waals surface area (Å²) in [5, 5.41) is 14.1. The Balaban J connectivity index is 3.16. The van der Waals surface area contributed by atoms with Gasteiger partial charge in [-0.05, 0) is 25.0 Å². The Morgan fingerprint density at radius 3 is 2.25 bits per heavy atom. The summed E-state index contributed by atoms with van der Waals surface area (Å²) in [6.45, 7) is 3.42. The molecular weight excluding hydrogens is 268 g/mol. The van der Waals surface area contributed by atoms with Crippen molar-refractivity contribution in [3.63, 3.8) is 0 Å². The van der Waals surface area contributed by atoms with Gasteiger partial charge in [0.25, 0.3) is 5.91 Å². The number of rotatable bonds is 5. The molecule has 0 saturated carbocycles. The fourth-order valence-electron chi connectivity index (χ4n) is 1.94. The minimum Gasteiger partial charge on any atom is -0.409 e. The average Bonchev–Trinajstić information content (AvgIpc) is 2.43. The first-order chi connectivity index (χ1) is 9.41. The van der Waals surface area contributed by atoms with Gasteiger partial charge in [0.1, 0.15) is 22.7 Å². The predicted octanol–water partition coefficient (Wildman–Crippen LogP) is 2.00. The summed E-state index contributed by atoms with van der Waals surface area (Å²) >= 11 is 0. The second-order valence-corrected chi connectivity index (χ2v) is 4.33. The Kier molecular flexibility index (Phi) is 5.01. The second-order valence-electron chi connectivity index (χ2n) is 4.33. The zero-order valence-corrected chi connectivity index (χ0v) is 11.3. The van der Waals surface area contributed by atoms with Crippen LogP contribution in [0, 0.1) is 11.6 Å². The quantitative estimate of drug-likeness (QED) is 0.334. The molecule has 0 atom stereocenters. The lowest BCUT2D eigenvalue weighted by atomic mass is 9.91. The Morgan fingerprint density at radius 1 is 1.35 bits per heavy atom. The van der Waals surface area contributed by atoms with E-state index in [1.165, 1.54) is 0 Å². The fourth-order valence-corrected chi connectivity index (χ4v) is 1.94. The van der Waals surface area contributed by atoms with Gasteiger partial charge < -0.3 is 16.3 Å². The van der Waals surface area contributed by atoms with Crippen LogP contribution in [0.5, 0.6) is 0 Å². The molecule has 0 aromatic heterocycles. The normalized spacial score (nSPS) is 12.3. The molecule has 0 bridgehead atoms. The van der Waals surface area contributed by atoms with Gasteiger partial charge >= 0.3 is 0 Å². The number of hydrogen-bond acceptors (Lipinski definition) is 3. The van der Waals surface area contributed by atoms with Crippen molar-refractivity contribution in [2.45, 2.75) is 32.2 Å². The van der Waals surface area contributed by atoms with E-state index in [0.717, 1.165) is 18.2 Å². The van der Waals surface area contributed by atoms with Crippen molar-refractivity contribution in [2.75, 3.05) is 0 Å². The topological polar surface area (TPSA) is 87.7 Å². The molecule has 0 aliphatic carbocycles. The van der Waals surface area contributed by atoms with Gasteiger partial charge in [-0.3, -0.25) is 4.79 Å². The summed E-state index contributed by atoms with van der Waals surface area (Å²) in [5.41, 5.74) is 3.73. The minimum atomic E-state index is -1.15. The Bertz CT molecular complexity index is 508. The molecule has 0 unspecified atom stereocenters. The lowest BCUT2D eigenvalue weighted by Crippen LogP contribution is -2.57. The van der Waals surface area contributed by atoms with Crippen LogP contribution in [0.15, 0.2) is 23.4 Å². The largest absolute Gasteiger partial charge is 0.409 e. The summed E-state index contributed by atoms with van der Waals surface area (Å²) in [7, 11) is 0. The number of nitrogens with two attached hydrogens (primary N) is 1. The number of nitrogens with one attached hydrogen (secondary N) is 1. The molecule has 1 aromatic carbocycles. The van der Waals surface area contributed by atoms with Crippen LogP contribution in [0.1, 0.15) is 37.0 Å². The van der Waals surface area contributed by atoms with Crippen LogP contribution in [0.4, 0.5) is 8.78 Å². The number of carbonyl (C=O) groups excluding carboxylic acids is 1. The number of hydrogen-bond donors (Lipinski definition) is 3. The van der Waals surface area contributed by atoms with Gasteiger partial charge in [-0.1, -0.05) is 25.1 Å². The lowest BCUT2D eigenvalue weighted by Gasteiger charge is -2.31. The summed E-state index contributed by atoms with van der Waals surface area (Å²) in [4.78, 5) is 12.1. The van der Waals surface area contributed by atoms with Crippen molar-refractivity contribution < 1.29 is 18.8 Å². The third kappa shape index (κ3) is 2.87. The van der Waals surface area contributed by atoms with Gasteiger partial charge in [0.15, 0.2) is 5.84 Å². The first kappa shape index (κ1) is 15.9. The molecule has 0 saturated heterocycles. The first-order valence-electron chi connectivity index (χ1n) is 6.16. The monoisotopic (exact) mass is 285 g/mol. The van der Waals surface area contributed by atoms with E-state index in [4.69, 9.17) is 10.9 Å². The van der Waals surface area contributed by atoms with Crippen molar-refractivity contribution in [2.24, 2.45) is 10.9 Å². The van der Waals surface area contributed by atoms with Crippen molar-refractivity contribution in [1.82, 2.24) is 5.32 Å². The molecule has 0 aliphatic heterocycles. The van der Waals surface area contributed by atoms with Crippen LogP contribution in [0.2, 0.25) is 0 Å². The first-order valence-corrected chi connectivity index (χ1v) is 6.16. The summed E-state index contributed by atoms with van der Waals surface area (Å²) in [5.74, 6) is -3.10. The van der Waals surface area contributed by atoms with E-state index >= 15 is 0 Å². The molecule has 0 heterocycles. The maximum atomic E-state index is 13.6. The number of oxime groups is 1. The van der Waals surface area contributed by atoms with Crippen LogP contribution in [0.3, 0.4) is 0 Å². The second kappa shape index (κ2) is 6.31. The van der Waals surface area contributed by atoms with Crippen molar-refractivity contribution in [3.8, 4) is 0 Å². The van der Waals surface area contributed by atoms with E-state index in [-0.39, 0.29) is 5.84 Å². The van der Waals surface area contributed by atoms with Crippen molar-refractivity contribution in [3.05, 3.63) is 35.4 Å². The Morgan fingerprint density at radius 2 is 1.85 bits per heavy atom. The summed E-state index contributed by atoms with van der Waals surface area (Å²) in [6, 6.07) is 3.14. The third-order valence-corrected chi connectivity index (χ3v) is 3.35. The molecule has 1 aromatic rings. The molecule has 7 heteroatoms. The zero-order chi connectivity index (χ0) is 15.3. The van der Waals surface area contributed by atoms with Crippen LogP contribution in [0.25, 0.3) is 0 Å². The average molecular weight is 285 g/mol. The molecule has 0 aliphatic rings. The molecule has 110 valence electrons. The van der Waals surface area contributed by atoms with Gasteiger partial charge in [-0.2, -0.15) is 0 Å². The Hall–Kier alpha value is -2.18. The SMILES string of the molecule is CCC(CC)(NC(=O)c1c(F)cccc1F)/C(N)=N/O. The molecule has 1 rings (SSSR count). The van der Waals surface area contributed by atoms with Crippen molar-refractivity contribution in [1.29, 1.82) is 0 Å². The minimum absolute atomic E-state index is 0.215. The molecular formula is C13H17F2N3O2. The highest BCUT2D eigenvalue weighted by molar-refractivity contribution is 6.00. The van der Waals surface area contributed by atoms with Gasteiger partial charge in [0, 0.05) is 0 Å². The zero-order valence-electron chi connectivity index (χ0n) is 11.3. The lowest BCUT2D eigenvalue weighted by molar-refractivity contribution is 0.0909. The molecule has 0 fully saturated rings. The van der Waals surface area contributed by atoms with E-state index in [1.807, 2.05) is 0 Å². The maximum Gasteiger partial charge on any atom is 0.258 e. The highest BCUT2D eigenvalue weighted by Gasteiger charge is 2.34. The summed E-state index contributed by atoms with van der Waals surface area (Å²) < 4.78 is 27.1. The van der Waals surface area contributed by atoms with Crippen LogP contribution in [-0.4, -0.2) is 22.5 Å². The van der Waals surface area contributed by atoms with E-state index in [0.29, 0.717) is 12.8 Å². The van der Waals surface area contributed by atoms with Gasteiger partial charge in [0.2, 0.25) is 0 Å². The van der Waals surface area contributed by atoms with Gasteiger partial charge in [0.05, 0.1) is 0 Å². The smallest absolute Gasteiger partial charge is 0.258 e. The fraction of sp³-hybridized carbons (Fsp3) is 0.385. The number of halogens is 2. The van der Waals surface area contributed by atoms with Crippen molar-refractivity contribution >= 4 is 11.7 Å². The maximum absolute atomic E-state index is 13.6. The van der Waals surface area contributed by atoms with E-state index in [9.17, 15) is 13.6 Å². The van der Waals surface area contributed by atoms with E-state index < -0.39 is 28.6 Å². The number of carbonyl (C=O) groups is 1. The van der Waals surface area contributed by atoms with E-state index in [1.54, 1.807) is 13.8 Å². The molecule has 1 amide bonds. The van der Waals surface area contributed by atoms with Gasteiger partial charge in [-0.15, -0.1) is 0 Å².